The maximum absolute atomic E-state index is 6.04. The highest BCUT2D eigenvalue weighted by Crippen LogP contribution is 2.27. The largest absolute Gasteiger partial charge is 0.476 e. The van der Waals surface area contributed by atoms with Crippen LogP contribution in [0, 0.1) is 0 Å². The Morgan fingerprint density at radius 3 is 2.52 bits per heavy atom. The maximum Gasteiger partial charge on any atom is 0.242 e. The Hall–Kier alpha value is -2.30. The van der Waals surface area contributed by atoms with Crippen molar-refractivity contribution in [3.63, 3.8) is 0 Å². The van der Waals surface area contributed by atoms with Crippen LogP contribution in [0.1, 0.15) is 32.3 Å². The van der Waals surface area contributed by atoms with E-state index in [4.69, 9.17) is 10.5 Å². The van der Waals surface area contributed by atoms with E-state index in [9.17, 15) is 0 Å². The van der Waals surface area contributed by atoms with Crippen molar-refractivity contribution in [2.45, 2.75) is 33.1 Å². The Bertz CT molecular complexity index is 569. The lowest BCUT2D eigenvalue weighted by molar-refractivity contribution is 0.307. The highest BCUT2D eigenvalue weighted by Gasteiger charge is 2.09. The molecule has 0 saturated carbocycles. The summed E-state index contributed by atoms with van der Waals surface area (Å²) >= 11 is 0. The van der Waals surface area contributed by atoms with Crippen LogP contribution in [0.2, 0.25) is 0 Å². The van der Waals surface area contributed by atoms with Gasteiger partial charge in [0.15, 0.2) is 5.82 Å². The molecule has 0 unspecified atom stereocenters. The van der Waals surface area contributed by atoms with E-state index in [0.29, 0.717) is 24.0 Å². The minimum atomic E-state index is 0.428. The zero-order valence-electron chi connectivity index (χ0n) is 12.6. The number of nitrogens with zero attached hydrogens (tertiary/aromatic N) is 2. The van der Waals surface area contributed by atoms with Gasteiger partial charge in [-0.25, -0.2) is 4.98 Å². The summed E-state index contributed by atoms with van der Waals surface area (Å²) in [5, 5.41) is 3.20. The average molecular weight is 286 g/mol. The summed E-state index contributed by atoms with van der Waals surface area (Å²) in [6.07, 6.45) is 4.59. The molecule has 5 heteroatoms. The summed E-state index contributed by atoms with van der Waals surface area (Å²) in [6, 6.07) is 8.27. The van der Waals surface area contributed by atoms with E-state index in [1.165, 1.54) is 11.9 Å². The molecule has 1 heterocycles. The van der Waals surface area contributed by atoms with Crippen molar-refractivity contribution < 1.29 is 4.74 Å². The predicted octanol–water partition coefficient (Wildman–Crippen LogP) is 3.54. The number of aryl methyl sites for hydroxylation is 1. The van der Waals surface area contributed by atoms with Gasteiger partial charge in [0.25, 0.3) is 0 Å². The van der Waals surface area contributed by atoms with E-state index in [2.05, 4.69) is 34.3 Å². The van der Waals surface area contributed by atoms with Crippen LogP contribution >= 0.6 is 0 Å². The van der Waals surface area contributed by atoms with Crippen LogP contribution in [0.5, 0.6) is 5.88 Å². The average Bonchev–Trinajstić information content (AvgIpc) is 2.50. The lowest BCUT2D eigenvalue weighted by Gasteiger charge is -2.11. The third-order valence-corrected chi connectivity index (χ3v) is 3.05. The number of aromatic nitrogens is 2. The molecule has 0 amide bonds. The molecule has 0 fully saturated rings. The van der Waals surface area contributed by atoms with Crippen LogP contribution in [0.3, 0.4) is 0 Å². The third kappa shape index (κ3) is 4.08. The second-order valence-corrected chi connectivity index (χ2v) is 4.86. The summed E-state index contributed by atoms with van der Waals surface area (Å²) in [4.78, 5) is 8.23. The first-order valence-corrected chi connectivity index (χ1v) is 7.33. The lowest BCUT2D eigenvalue weighted by Crippen LogP contribution is -2.05. The summed E-state index contributed by atoms with van der Waals surface area (Å²) in [5.74, 6) is 0.997. The fourth-order valence-electron chi connectivity index (χ4n) is 1.97. The molecule has 1 aromatic carbocycles. The number of ether oxygens (including phenoxy) is 1. The monoisotopic (exact) mass is 286 g/mol. The van der Waals surface area contributed by atoms with Gasteiger partial charge in [-0.15, -0.1) is 0 Å². The third-order valence-electron chi connectivity index (χ3n) is 3.05. The van der Waals surface area contributed by atoms with Gasteiger partial charge in [0.2, 0.25) is 5.88 Å². The van der Waals surface area contributed by atoms with Crippen molar-refractivity contribution in [2.75, 3.05) is 17.7 Å². The normalized spacial score (nSPS) is 10.4. The molecule has 0 aliphatic carbocycles. The number of nitrogens with two attached hydrogens (primary N) is 1. The number of benzene rings is 1. The molecule has 3 N–H and O–H groups in total. The van der Waals surface area contributed by atoms with Crippen LogP contribution in [0.4, 0.5) is 17.2 Å². The summed E-state index contributed by atoms with van der Waals surface area (Å²) in [7, 11) is 0. The molecule has 0 radical (unpaired) electrons. The van der Waals surface area contributed by atoms with Crippen molar-refractivity contribution in [2.24, 2.45) is 0 Å². The van der Waals surface area contributed by atoms with Crippen LogP contribution in [0.15, 0.2) is 30.6 Å². The van der Waals surface area contributed by atoms with Gasteiger partial charge in [-0.2, -0.15) is 4.98 Å². The molecule has 2 aromatic rings. The second kappa shape index (κ2) is 7.47. The van der Waals surface area contributed by atoms with Crippen molar-refractivity contribution in [3.8, 4) is 5.88 Å². The van der Waals surface area contributed by atoms with Gasteiger partial charge in [0.1, 0.15) is 12.0 Å². The van der Waals surface area contributed by atoms with E-state index in [1.54, 1.807) is 0 Å². The molecule has 21 heavy (non-hydrogen) atoms. The predicted molar refractivity (Wildman–Crippen MR) is 86.0 cm³/mol. The number of rotatable bonds is 7. The summed E-state index contributed by atoms with van der Waals surface area (Å²) in [6.45, 7) is 4.80. The van der Waals surface area contributed by atoms with Crippen molar-refractivity contribution in [1.29, 1.82) is 0 Å². The standard InChI is InChI=1S/C16H22N4O/c1-3-5-12-6-8-13(9-7-12)20-15-14(17)16(19-11-18-15)21-10-4-2/h6-9,11H,3-5,10,17H2,1-2H3,(H,18,19,20). The first kappa shape index (κ1) is 15.1. The van der Waals surface area contributed by atoms with Crippen LogP contribution < -0.4 is 15.8 Å². The number of hydrogen-bond donors (Lipinski definition) is 2. The van der Waals surface area contributed by atoms with Crippen molar-refractivity contribution >= 4 is 17.2 Å². The topological polar surface area (TPSA) is 73.1 Å². The fraction of sp³-hybridized carbons (Fsp3) is 0.375. The number of hydrogen-bond acceptors (Lipinski definition) is 5. The lowest BCUT2D eigenvalue weighted by atomic mass is 10.1. The summed E-state index contributed by atoms with van der Waals surface area (Å²) in [5.41, 5.74) is 8.74. The van der Waals surface area contributed by atoms with E-state index in [1.807, 2.05) is 19.1 Å². The molecule has 5 nitrogen and oxygen atoms in total. The van der Waals surface area contributed by atoms with E-state index in [-0.39, 0.29) is 0 Å². The zero-order chi connectivity index (χ0) is 15.1. The zero-order valence-corrected chi connectivity index (χ0v) is 12.6. The van der Waals surface area contributed by atoms with Gasteiger partial charge >= 0.3 is 0 Å². The molecule has 0 bridgehead atoms. The Kier molecular flexibility index (Phi) is 5.37. The molecule has 1 aromatic heterocycles. The first-order chi connectivity index (χ1) is 10.2. The molecule has 0 aliphatic rings. The Labute approximate surface area is 125 Å². The Balaban J connectivity index is 2.11. The van der Waals surface area contributed by atoms with E-state index >= 15 is 0 Å². The molecule has 112 valence electrons. The van der Waals surface area contributed by atoms with Gasteiger partial charge in [0, 0.05) is 5.69 Å². The molecule has 0 spiro atoms. The van der Waals surface area contributed by atoms with Crippen LogP contribution in [0.25, 0.3) is 0 Å². The maximum atomic E-state index is 6.04. The van der Waals surface area contributed by atoms with E-state index in [0.717, 1.165) is 24.9 Å². The van der Waals surface area contributed by atoms with Gasteiger partial charge in [-0.05, 0) is 30.5 Å². The molecule has 0 atom stereocenters. The summed E-state index contributed by atoms with van der Waals surface area (Å²) < 4.78 is 5.50. The molecule has 0 saturated heterocycles. The molecule has 2 rings (SSSR count). The number of nitrogen functional groups attached to an aromatic ring is 1. The minimum Gasteiger partial charge on any atom is -0.476 e. The second-order valence-electron chi connectivity index (χ2n) is 4.86. The Morgan fingerprint density at radius 2 is 1.86 bits per heavy atom. The van der Waals surface area contributed by atoms with Crippen LogP contribution in [-0.2, 0) is 6.42 Å². The van der Waals surface area contributed by atoms with Crippen molar-refractivity contribution in [3.05, 3.63) is 36.2 Å². The van der Waals surface area contributed by atoms with Crippen molar-refractivity contribution in [1.82, 2.24) is 9.97 Å². The van der Waals surface area contributed by atoms with Crippen LogP contribution in [-0.4, -0.2) is 16.6 Å². The van der Waals surface area contributed by atoms with Gasteiger partial charge < -0.3 is 15.8 Å². The smallest absolute Gasteiger partial charge is 0.242 e. The van der Waals surface area contributed by atoms with Gasteiger partial charge in [0.05, 0.1) is 6.61 Å². The minimum absolute atomic E-state index is 0.428. The highest BCUT2D eigenvalue weighted by molar-refractivity contribution is 5.72. The number of anilines is 3. The Morgan fingerprint density at radius 1 is 1.10 bits per heavy atom. The van der Waals surface area contributed by atoms with Gasteiger partial charge in [-0.3, -0.25) is 0 Å². The highest BCUT2D eigenvalue weighted by atomic mass is 16.5. The molecular weight excluding hydrogens is 264 g/mol. The fourth-order valence-corrected chi connectivity index (χ4v) is 1.97. The molecular formula is C16H22N4O. The number of nitrogens with one attached hydrogen (secondary N) is 1. The van der Waals surface area contributed by atoms with Gasteiger partial charge in [-0.1, -0.05) is 32.4 Å². The first-order valence-electron chi connectivity index (χ1n) is 7.33. The molecule has 0 aliphatic heterocycles. The quantitative estimate of drug-likeness (QED) is 0.814. The SMILES string of the molecule is CCCOc1ncnc(Nc2ccc(CCC)cc2)c1N. The van der Waals surface area contributed by atoms with E-state index < -0.39 is 0 Å².